The number of hydrogen-bond donors (Lipinski definition) is 0. The van der Waals surface area contributed by atoms with Gasteiger partial charge in [-0.05, 0) is 11.1 Å². The van der Waals surface area contributed by atoms with Crippen molar-refractivity contribution in [3.8, 4) is 0 Å². The fraction of sp³-hybridized carbons (Fsp3) is 0.429. The molecule has 1 fully saturated rings. The van der Waals surface area contributed by atoms with Crippen LogP contribution in [0.2, 0.25) is 0 Å². The van der Waals surface area contributed by atoms with E-state index in [1.54, 1.807) is 0 Å². The van der Waals surface area contributed by atoms with Crippen molar-refractivity contribution >= 4 is 23.5 Å². The lowest BCUT2D eigenvalue weighted by molar-refractivity contribution is 1.03. The Bertz CT molecular complexity index is 561. The van der Waals surface area contributed by atoms with Gasteiger partial charge in [0.15, 0.2) is 0 Å². The van der Waals surface area contributed by atoms with Gasteiger partial charge in [-0.2, -0.15) is 0 Å². The highest BCUT2D eigenvalue weighted by atomic mass is 32.2. The second-order valence-electron chi connectivity index (χ2n) is 6.83. The Balaban J connectivity index is 2.02. The number of rotatable bonds is 6. The third kappa shape index (κ3) is 3.49. The number of hydrogen-bond acceptors (Lipinski definition) is 2. The van der Waals surface area contributed by atoms with Gasteiger partial charge in [-0.15, -0.1) is 23.5 Å². The van der Waals surface area contributed by atoms with E-state index < -0.39 is 0 Å². The average molecular weight is 343 g/mol. The molecule has 2 heteroatoms. The zero-order chi connectivity index (χ0) is 16.4. The fourth-order valence-corrected chi connectivity index (χ4v) is 7.96. The van der Waals surface area contributed by atoms with Crippen LogP contribution in [0.15, 0.2) is 60.7 Å². The van der Waals surface area contributed by atoms with Crippen LogP contribution in [0.3, 0.4) is 0 Å². The minimum absolute atomic E-state index is 0.269. The van der Waals surface area contributed by atoms with Gasteiger partial charge in [0.25, 0.3) is 0 Å². The second kappa shape index (κ2) is 6.94. The molecule has 0 aromatic heterocycles. The van der Waals surface area contributed by atoms with Gasteiger partial charge in [-0.25, -0.2) is 0 Å². The molecule has 0 spiro atoms. The third-order valence-corrected chi connectivity index (χ3v) is 7.52. The first-order chi connectivity index (χ1) is 11.0. The lowest BCUT2D eigenvalue weighted by Gasteiger charge is -2.22. The summed E-state index contributed by atoms with van der Waals surface area (Å²) in [6.07, 6.45) is 0. The van der Waals surface area contributed by atoms with Gasteiger partial charge in [0.2, 0.25) is 0 Å². The van der Waals surface area contributed by atoms with Crippen molar-refractivity contribution in [2.45, 2.75) is 54.1 Å². The Morgan fingerprint density at radius 1 is 0.652 bits per heavy atom. The summed E-state index contributed by atoms with van der Waals surface area (Å²) in [6, 6.07) is 22.2. The Labute approximate surface area is 149 Å². The molecule has 1 aliphatic carbocycles. The standard InChI is InChI=1S/C21H26S2/c1-15(2)22-21(23-16(3)4)19(17-11-7-5-8-12-17)20(21)18-13-9-6-10-14-18/h5-16,19-20H,1-4H3/t19-,20-/m1/s1. The van der Waals surface area contributed by atoms with Crippen LogP contribution in [-0.2, 0) is 0 Å². The summed E-state index contributed by atoms with van der Waals surface area (Å²) in [5.41, 5.74) is 2.98. The first-order valence-corrected chi connectivity index (χ1v) is 10.3. The molecule has 1 aliphatic rings. The zero-order valence-corrected chi connectivity index (χ0v) is 16.0. The topological polar surface area (TPSA) is 0 Å². The number of thioether (sulfide) groups is 2. The smallest absolute Gasteiger partial charge is 0.0765 e. The van der Waals surface area contributed by atoms with Gasteiger partial charge in [0.1, 0.15) is 0 Å². The van der Waals surface area contributed by atoms with Gasteiger partial charge in [-0.3, -0.25) is 0 Å². The zero-order valence-electron chi connectivity index (χ0n) is 14.4. The molecule has 0 N–H and O–H groups in total. The third-order valence-electron chi connectivity index (χ3n) is 4.25. The maximum atomic E-state index is 2.33. The molecule has 0 heterocycles. The molecular formula is C21H26S2. The molecule has 2 aromatic carbocycles. The van der Waals surface area contributed by atoms with E-state index in [1.807, 2.05) is 0 Å². The Morgan fingerprint density at radius 3 is 1.30 bits per heavy atom. The monoisotopic (exact) mass is 342 g/mol. The van der Waals surface area contributed by atoms with Crippen molar-refractivity contribution in [1.82, 2.24) is 0 Å². The van der Waals surface area contributed by atoms with Crippen molar-refractivity contribution in [2.75, 3.05) is 0 Å². The van der Waals surface area contributed by atoms with Crippen molar-refractivity contribution in [1.29, 1.82) is 0 Å². The highest BCUT2D eigenvalue weighted by molar-refractivity contribution is 8.19. The van der Waals surface area contributed by atoms with Crippen molar-refractivity contribution in [3.05, 3.63) is 71.8 Å². The van der Waals surface area contributed by atoms with Crippen LogP contribution in [0.5, 0.6) is 0 Å². The van der Waals surface area contributed by atoms with E-state index in [0.717, 1.165) is 0 Å². The molecule has 1 saturated carbocycles. The minimum Gasteiger partial charge on any atom is -0.140 e. The molecule has 2 aromatic rings. The molecule has 0 aliphatic heterocycles. The molecule has 0 bridgehead atoms. The number of benzene rings is 2. The van der Waals surface area contributed by atoms with Crippen LogP contribution in [0.1, 0.15) is 50.7 Å². The van der Waals surface area contributed by atoms with Crippen molar-refractivity contribution in [2.24, 2.45) is 0 Å². The van der Waals surface area contributed by atoms with Crippen LogP contribution in [0.25, 0.3) is 0 Å². The van der Waals surface area contributed by atoms with Crippen molar-refractivity contribution < 1.29 is 0 Å². The maximum Gasteiger partial charge on any atom is 0.0765 e. The van der Waals surface area contributed by atoms with Crippen LogP contribution >= 0.6 is 23.5 Å². The van der Waals surface area contributed by atoms with E-state index in [-0.39, 0.29) is 4.08 Å². The molecule has 0 saturated heterocycles. The van der Waals surface area contributed by atoms with Gasteiger partial charge in [0.05, 0.1) is 4.08 Å². The van der Waals surface area contributed by atoms with Gasteiger partial charge >= 0.3 is 0 Å². The predicted octanol–water partition coefficient (Wildman–Crippen LogP) is 6.55. The molecule has 3 rings (SSSR count). The van der Waals surface area contributed by atoms with E-state index in [1.165, 1.54) is 11.1 Å². The van der Waals surface area contributed by atoms with Crippen LogP contribution in [0.4, 0.5) is 0 Å². The van der Waals surface area contributed by atoms with E-state index in [4.69, 9.17) is 0 Å². The van der Waals surface area contributed by atoms with Gasteiger partial charge in [0, 0.05) is 22.3 Å². The first kappa shape index (κ1) is 17.0. The Morgan fingerprint density at radius 2 is 1.00 bits per heavy atom. The molecular weight excluding hydrogens is 316 g/mol. The Kier molecular flexibility index (Phi) is 5.13. The molecule has 0 amide bonds. The summed E-state index contributed by atoms with van der Waals surface area (Å²) >= 11 is 4.33. The highest BCUT2D eigenvalue weighted by Gasteiger charge is 2.66. The summed E-state index contributed by atoms with van der Waals surface area (Å²) in [4.78, 5) is 0. The molecule has 122 valence electrons. The molecule has 2 atom stereocenters. The lowest BCUT2D eigenvalue weighted by Crippen LogP contribution is -2.11. The molecule has 0 unspecified atom stereocenters. The minimum atomic E-state index is 0.269. The van der Waals surface area contributed by atoms with E-state index in [9.17, 15) is 0 Å². The van der Waals surface area contributed by atoms with E-state index in [0.29, 0.717) is 22.3 Å². The second-order valence-corrected chi connectivity index (χ2v) is 10.8. The summed E-state index contributed by atoms with van der Waals surface area (Å²) in [6.45, 7) is 9.32. The van der Waals surface area contributed by atoms with E-state index in [2.05, 4.69) is 112 Å². The summed E-state index contributed by atoms with van der Waals surface area (Å²) in [5, 5.41) is 1.28. The normalized spacial score (nSPS) is 22.5. The summed E-state index contributed by atoms with van der Waals surface area (Å²) in [5.74, 6) is 1.21. The van der Waals surface area contributed by atoms with Crippen LogP contribution in [-0.4, -0.2) is 14.6 Å². The predicted molar refractivity (Wildman–Crippen MR) is 107 cm³/mol. The van der Waals surface area contributed by atoms with Crippen LogP contribution in [0, 0.1) is 0 Å². The SMILES string of the molecule is CC(C)SC1(SC(C)C)[C@H](c2ccccc2)[C@H]1c1ccccc1. The summed E-state index contributed by atoms with van der Waals surface area (Å²) < 4.78 is 0.269. The average Bonchev–Trinajstić information content (AvgIpc) is 3.14. The Hall–Kier alpha value is -0.860. The highest BCUT2D eigenvalue weighted by Crippen LogP contribution is 2.76. The first-order valence-electron chi connectivity index (χ1n) is 8.50. The molecule has 0 nitrogen and oxygen atoms in total. The van der Waals surface area contributed by atoms with Crippen LogP contribution < -0.4 is 0 Å². The van der Waals surface area contributed by atoms with Gasteiger partial charge in [-0.1, -0.05) is 88.4 Å². The fourth-order valence-electron chi connectivity index (χ4n) is 3.57. The molecule has 0 radical (unpaired) electrons. The summed E-state index contributed by atoms with van der Waals surface area (Å²) in [7, 11) is 0. The largest absolute Gasteiger partial charge is 0.140 e. The maximum absolute atomic E-state index is 2.33. The van der Waals surface area contributed by atoms with E-state index >= 15 is 0 Å². The quantitative estimate of drug-likeness (QED) is 0.546. The van der Waals surface area contributed by atoms with Gasteiger partial charge < -0.3 is 0 Å². The lowest BCUT2D eigenvalue weighted by atomic mass is 10.0. The van der Waals surface area contributed by atoms with Crippen molar-refractivity contribution in [3.63, 3.8) is 0 Å². The molecule has 23 heavy (non-hydrogen) atoms.